The van der Waals surface area contributed by atoms with Gasteiger partial charge in [0.2, 0.25) is 0 Å². The standard InChI is InChI=1S/C16H18Cl2N2O2/c1-19-15(22)20(10-11-5-6-12(17)13(18)9-11)14(21)16(19)7-3-2-4-8-16/h5-6,9H,2-4,7-8,10H2,1H3. The van der Waals surface area contributed by atoms with Crippen LogP contribution in [0.25, 0.3) is 0 Å². The molecule has 22 heavy (non-hydrogen) atoms. The van der Waals surface area contributed by atoms with E-state index in [2.05, 4.69) is 0 Å². The second kappa shape index (κ2) is 5.74. The number of hydrogen-bond donors (Lipinski definition) is 0. The van der Waals surface area contributed by atoms with Crippen molar-refractivity contribution in [2.24, 2.45) is 0 Å². The molecule has 4 nitrogen and oxygen atoms in total. The number of halogens is 2. The number of amides is 3. The predicted octanol–water partition coefficient (Wildman–Crippen LogP) is 4.09. The van der Waals surface area contributed by atoms with Crippen molar-refractivity contribution in [1.29, 1.82) is 0 Å². The zero-order valence-corrected chi connectivity index (χ0v) is 14.0. The van der Waals surface area contributed by atoms with Crippen LogP contribution < -0.4 is 0 Å². The number of rotatable bonds is 2. The Morgan fingerprint density at radius 3 is 2.41 bits per heavy atom. The van der Waals surface area contributed by atoms with Crippen LogP contribution in [0.4, 0.5) is 4.79 Å². The summed E-state index contributed by atoms with van der Waals surface area (Å²) in [4.78, 5) is 28.4. The number of likely N-dealkylation sites (N-methyl/N-ethyl adjacent to an activating group) is 1. The molecule has 1 aliphatic carbocycles. The highest BCUT2D eigenvalue weighted by molar-refractivity contribution is 6.42. The number of urea groups is 1. The van der Waals surface area contributed by atoms with Gasteiger partial charge in [-0.15, -0.1) is 0 Å². The Balaban J connectivity index is 1.86. The average molecular weight is 341 g/mol. The van der Waals surface area contributed by atoms with Crippen molar-refractivity contribution in [1.82, 2.24) is 9.80 Å². The van der Waals surface area contributed by atoms with Gasteiger partial charge in [0.15, 0.2) is 0 Å². The summed E-state index contributed by atoms with van der Waals surface area (Å²) >= 11 is 11.9. The smallest absolute Gasteiger partial charge is 0.313 e. The Kier molecular flexibility index (Phi) is 4.08. The van der Waals surface area contributed by atoms with Gasteiger partial charge >= 0.3 is 6.03 Å². The number of benzene rings is 1. The van der Waals surface area contributed by atoms with Crippen molar-refractivity contribution < 1.29 is 9.59 Å². The third-order valence-electron chi connectivity index (χ3n) is 4.81. The molecule has 1 heterocycles. The van der Waals surface area contributed by atoms with Gasteiger partial charge in [-0.3, -0.25) is 9.69 Å². The molecule has 1 saturated heterocycles. The van der Waals surface area contributed by atoms with Crippen molar-refractivity contribution >= 4 is 35.1 Å². The van der Waals surface area contributed by atoms with Crippen LogP contribution in [0, 0.1) is 0 Å². The van der Waals surface area contributed by atoms with Gasteiger partial charge in [-0.2, -0.15) is 0 Å². The fraction of sp³-hybridized carbons (Fsp3) is 0.500. The summed E-state index contributed by atoms with van der Waals surface area (Å²) in [6, 6.07) is 4.96. The molecule has 1 aromatic rings. The van der Waals surface area contributed by atoms with Crippen LogP contribution in [0.5, 0.6) is 0 Å². The lowest BCUT2D eigenvalue weighted by Crippen LogP contribution is -2.49. The third-order valence-corrected chi connectivity index (χ3v) is 5.55. The maximum absolute atomic E-state index is 12.9. The quantitative estimate of drug-likeness (QED) is 0.760. The van der Waals surface area contributed by atoms with Crippen LogP contribution in [0.1, 0.15) is 37.7 Å². The summed E-state index contributed by atoms with van der Waals surface area (Å²) in [6.45, 7) is 0.237. The van der Waals surface area contributed by atoms with Gasteiger partial charge in [0.25, 0.3) is 5.91 Å². The molecule has 0 bridgehead atoms. The minimum atomic E-state index is -0.633. The van der Waals surface area contributed by atoms with E-state index in [0.29, 0.717) is 10.0 Å². The highest BCUT2D eigenvalue weighted by atomic mass is 35.5. The van der Waals surface area contributed by atoms with E-state index < -0.39 is 5.54 Å². The Labute approximate surface area is 140 Å². The summed E-state index contributed by atoms with van der Waals surface area (Å²) in [7, 11) is 1.74. The molecule has 1 saturated carbocycles. The lowest BCUT2D eigenvalue weighted by atomic mass is 9.81. The molecular formula is C16H18Cl2N2O2. The molecule has 6 heteroatoms. The molecule has 0 unspecified atom stereocenters. The second-order valence-corrected chi connectivity index (χ2v) is 6.89. The van der Waals surface area contributed by atoms with E-state index in [1.165, 1.54) is 4.90 Å². The lowest BCUT2D eigenvalue weighted by Gasteiger charge is -2.35. The molecule has 0 radical (unpaired) electrons. The number of hydrogen-bond acceptors (Lipinski definition) is 2. The van der Waals surface area contributed by atoms with E-state index in [9.17, 15) is 9.59 Å². The first-order valence-electron chi connectivity index (χ1n) is 7.49. The van der Waals surface area contributed by atoms with Gasteiger partial charge in [0.05, 0.1) is 16.6 Å². The maximum atomic E-state index is 12.9. The molecule has 1 spiro atoms. The molecule has 1 aliphatic heterocycles. The molecule has 2 aliphatic rings. The summed E-state index contributed by atoms with van der Waals surface area (Å²) in [5, 5.41) is 0.893. The van der Waals surface area contributed by atoms with E-state index in [1.54, 1.807) is 30.1 Å². The molecule has 3 amide bonds. The van der Waals surface area contributed by atoms with Crippen LogP contribution in [-0.2, 0) is 11.3 Å². The molecular weight excluding hydrogens is 323 g/mol. The number of carbonyl (C=O) groups is 2. The Morgan fingerprint density at radius 1 is 1.09 bits per heavy atom. The largest absolute Gasteiger partial charge is 0.327 e. The maximum Gasteiger partial charge on any atom is 0.327 e. The fourth-order valence-electron chi connectivity index (χ4n) is 3.49. The first-order valence-corrected chi connectivity index (χ1v) is 8.25. The van der Waals surface area contributed by atoms with Gasteiger partial charge < -0.3 is 4.90 Å². The minimum absolute atomic E-state index is 0.0780. The monoisotopic (exact) mass is 340 g/mol. The van der Waals surface area contributed by atoms with Crippen LogP contribution in [-0.4, -0.2) is 34.3 Å². The van der Waals surface area contributed by atoms with Crippen molar-refractivity contribution in [2.45, 2.75) is 44.2 Å². The van der Waals surface area contributed by atoms with Crippen molar-refractivity contribution in [3.63, 3.8) is 0 Å². The highest BCUT2D eigenvalue weighted by Crippen LogP contribution is 2.40. The van der Waals surface area contributed by atoms with Gasteiger partial charge in [-0.25, -0.2) is 4.79 Å². The Morgan fingerprint density at radius 2 is 1.77 bits per heavy atom. The predicted molar refractivity (Wildman–Crippen MR) is 86.0 cm³/mol. The molecule has 2 fully saturated rings. The Hall–Kier alpha value is -1.26. The number of imide groups is 1. The normalized spacial score (nSPS) is 21.0. The zero-order valence-electron chi connectivity index (χ0n) is 12.4. The second-order valence-electron chi connectivity index (χ2n) is 6.07. The van der Waals surface area contributed by atoms with E-state index in [4.69, 9.17) is 23.2 Å². The molecule has 1 aromatic carbocycles. The van der Waals surface area contributed by atoms with E-state index in [-0.39, 0.29) is 18.5 Å². The summed E-state index contributed by atoms with van der Waals surface area (Å²) in [5.74, 6) is -0.0780. The van der Waals surface area contributed by atoms with Gasteiger partial charge in [0, 0.05) is 7.05 Å². The highest BCUT2D eigenvalue weighted by Gasteiger charge is 2.55. The SMILES string of the molecule is CN1C(=O)N(Cc2ccc(Cl)c(Cl)c2)C(=O)C12CCCCC2. The van der Waals surface area contributed by atoms with Gasteiger partial charge in [-0.05, 0) is 30.5 Å². The summed E-state index contributed by atoms with van der Waals surface area (Å²) in [5.41, 5.74) is 0.170. The Bertz CT molecular complexity index is 627. The zero-order chi connectivity index (χ0) is 15.9. The van der Waals surface area contributed by atoms with Gasteiger partial charge in [0.1, 0.15) is 5.54 Å². The van der Waals surface area contributed by atoms with Crippen molar-refractivity contribution in [3.05, 3.63) is 33.8 Å². The molecule has 3 rings (SSSR count). The number of nitrogens with zero attached hydrogens (tertiary/aromatic N) is 2. The van der Waals surface area contributed by atoms with E-state index in [0.717, 1.165) is 37.7 Å². The van der Waals surface area contributed by atoms with Crippen LogP contribution >= 0.6 is 23.2 Å². The van der Waals surface area contributed by atoms with Crippen LogP contribution in [0.3, 0.4) is 0 Å². The van der Waals surface area contributed by atoms with Crippen LogP contribution in [0.15, 0.2) is 18.2 Å². The average Bonchev–Trinajstić information content (AvgIpc) is 2.68. The fourth-order valence-corrected chi connectivity index (χ4v) is 3.81. The third kappa shape index (κ3) is 2.38. The summed E-state index contributed by atoms with van der Waals surface area (Å²) < 4.78 is 0. The van der Waals surface area contributed by atoms with E-state index in [1.807, 2.05) is 0 Å². The lowest BCUT2D eigenvalue weighted by molar-refractivity contribution is -0.134. The molecule has 0 N–H and O–H groups in total. The molecule has 0 atom stereocenters. The van der Waals surface area contributed by atoms with Gasteiger partial charge in [-0.1, -0.05) is 48.5 Å². The number of carbonyl (C=O) groups excluding carboxylic acids is 2. The first-order chi connectivity index (χ1) is 10.5. The first kappa shape index (κ1) is 15.6. The molecule has 118 valence electrons. The topological polar surface area (TPSA) is 40.6 Å². The molecule has 0 aromatic heterocycles. The van der Waals surface area contributed by atoms with Crippen molar-refractivity contribution in [3.8, 4) is 0 Å². The van der Waals surface area contributed by atoms with E-state index >= 15 is 0 Å². The summed E-state index contributed by atoms with van der Waals surface area (Å²) in [6.07, 6.45) is 4.62. The van der Waals surface area contributed by atoms with Crippen LogP contribution in [0.2, 0.25) is 10.0 Å². The van der Waals surface area contributed by atoms with Crippen molar-refractivity contribution in [2.75, 3.05) is 7.05 Å². The minimum Gasteiger partial charge on any atom is -0.313 e.